The van der Waals surface area contributed by atoms with Crippen molar-refractivity contribution in [1.29, 1.82) is 0 Å². The minimum atomic E-state index is 0.182. The van der Waals surface area contributed by atoms with Gasteiger partial charge in [-0.05, 0) is 101 Å². The van der Waals surface area contributed by atoms with Crippen molar-refractivity contribution >= 4 is 71.3 Å². The zero-order valence-corrected chi connectivity index (χ0v) is 28.0. The summed E-state index contributed by atoms with van der Waals surface area (Å²) in [6, 6.07) is 51.7. The number of allylic oxidation sites excluding steroid dienone is 4. The van der Waals surface area contributed by atoms with Crippen LogP contribution in [-0.2, 0) is 0 Å². The van der Waals surface area contributed by atoms with Crippen molar-refractivity contribution in [3.8, 4) is 22.6 Å². The van der Waals surface area contributed by atoms with Crippen LogP contribution in [-0.4, -0.2) is 4.57 Å². The largest absolute Gasteiger partial charge is 0.461 e. The molecule has 0 N–H and O–H groups in total. The van der Waals surface area contributed by atoms with Gasteiger partial charge in [-0.3, -0.25) is 0 Å². The monoisotopic (exact) mass is 667 g/mol. The van der Waals surface area contributed by atoms with Crippen molar-refractivity contribution in [2.75, 3.05) is 0 Å². The Morgan fingerprint density at radius 2 is 1.23 bits per heavy atom. The molecule has 1 aliphatic heterocycles. The number of rotatable bonds is 3. The molecule has 0 saturated carbocycles. The molecular formula is C48H29NO3. The number of hydrogen-bond donors (Lipinski definition) is 0. The van der Waals surface area contributed by atoms with Gasteiger partial charge in [-0.15, -0.1) is 0 Å². The first-order valence-corrected chi connectivity index (χ1v) is 17.8. The van der Waals surface area contributed by atoms with Crippen LogP contribution >= 0.6 is 0 Å². The lowest BCUT2D eigenvalue weighted by atomic mass is 9.84. The second-order valence-corrected chi connectivity index (χ2v) is 14.0. The Kier molecular flexibility index (Phi) is 5.58. The third-order valence-electron chi connectivity index (χ3n) is 11.2. The van der Waals surface area contributed by atoms with E-state index in [1.165, 1.54) is 49.6 Å². The minimum absolute atomic E-state index is 0.182. The van der Waals surface area contributed by atoms with Gasteiger partial charge in [0.05, 0.1) is 16.4 Å². The zero-order chi connectivity index (χ0) is 33.9. The van der Waals surface area contributed by atoms with E-state index in [0.29, 0.717) is 0 Å². The van der Waals surface area contributed by atoms with Crippen molar-refractivity contribution in [3.05, 3.63) is 175 Å². The van der Waals surface area contributed by atoms with Crippen LogP contribution in [0.3, 0.4) is 0 Å². The summed E-state index contributed by atoms with van der Waals surface area (Å²) >= 11 is 0. The van der Waals surface area contributed by atoms with Crippen molar-refractivity contribution < 1.29 is 13.6 Å². The minimum Gasteiger partial charge on any atom is -0.461 e. The topological polar surface area (TPSA) is 40.4 Å². The number of para-hydroxylation sites is 2. The molecule has 0 amide bonds. The predicted octanol–water partition coefficient (Wildman–Crippen LogP) is 13.1. The smallest absolute Gasteiger partial charge is 0.147 e. The van der Waals surface area contributed by atoms with Crippen LogP contribution < -0.4 is 4.74 Å². The highest BCUT2D eigenvalue weighted by molar-refractivity contribution is 6.22. The Morgan fingerprint density at radius 3 is 2.08 bits per heavy atom. The number of furan rings is 2. The van der Waals surface area contributed by atoms with E-state index in [1.54, 1.807) is 0 Å². The van der Waals surface area contributed by atoms with Gasteiger partial charge in [-0.25, -0.2) is 0 Å². The van der Waals surface area contributed by atoms with Crippen LogP contribution in [0.15, 0.2) is 172 Å². The highest BCUT2D eigenvalue weighted by Crippen LogP contribution is 2.49. The summed E-state index contributed by atoms with van der Waals surface area (Å²) in [5.74, 6) is 2.15. The Balaban J connectivity index is 0.969. The normalized spacial score (nSPS) is 15.4. The van der Waals surface area contributed by atoms with Gasteiger partial charge in [-0.2, -0.15) is 0 Å². The average molecular weight is 668 g/mol. The second kappa shape index (κ2) is 10.4. The molecule has 1 atom stereocenters. The van der Waals surface area contributed by atoms with Crippen molar-refractivity contribution in [2.45, 2.75) is 12.3 Å². The molecule has 0 bridgehead atoms. The predicted molar refractivity (Wildman–Crippen MR) is 211 cm³/mol. The molecule has 10 aromatic rings. The molecule has 244 valence electrons. The standard InChI is InChI=1S/C48H29NO3/c1-2-8-28(9-3-1)29-14-19-42-36(24-29)37-25-30(15-20-43(37)50-42)31-16-21-45-39(26-31)47-46(51-45)23-18-35-38-27-32(17-22-44(38)52-48(35)47)49-40-12-6-4-10-33(40)34-11-5-7-13-41(34)49/h1-24,26-27,37H,25H2. The number of benzene rings is 7. The number of aromatic nitrogens is 1. The molecule has 2 aliphatic rings. The first-order chi connectivity index (χ1) is 25.7. The number of nitrogens with zero attached hydrogens (tertiary/aromatic N) is 1. The molecule has 7 aromatic carbocycles. The van der Waals surface area contributed by atoms with Crippen LogP contribution in [0.25, 0.3) is 88.1 Å². The van der Waals surface area contributed by atoms with Crippen LogP contribution in [0.1, 0.15) is 23.5 Å². The summed E-state index contributed by atoms with van der Waals surface area (Å²) in [6.45, 7) is 0. The summed E-state index contributed by atoms with van der Waals surface area (Å²) in [5.41, 5.74) is 13.0. The Bertz CT molecular complexity index is 3130. The third kappa shape index (κ3) is 3.92. The first kappa shape index (κ1) is 28.0. The molecule has 52 heavy (non-hydrogen) atoms. The van der Waals surface area contributed by atoms with Gasteiger partial charge in [0, 0.05) is 44.1 Å². The SMILES string of the molecule is C1=C(c2ccc3oc4ccc5c6cc(-n7c8ccccc8c8ccccc87)ccc6oc5c4c3c2)CC2C(=C1)Oc1ccc(-c3ccccc3)cc12. The van der Waals surface area contributed by atoms with Crippen LogP contribution in [0.4, 0.5) is 0 Å². The molecule has 4 nitrogen and oxygen atoms in total. The van der Waals surface area contributed by atoms with Crippen LogP contribution in [0.5, 0.6) is 5.75 Å². The van der Waals surface area contributed by atoms with E-state index in [9.17, 15) is 0 Å². The highest BCUT2D eigenvalue weighted by atomic mass is 16.5. The Morgan fingerprint density at radius 1 is 0.500 bits per heavy atom. The van der Waals surface area contributed by atoms with E-state index in [4.69, 9.17) is 13.6 Å². The molecule has 3 aromatic heterocycles. The van der Waals surface area contributed by atoms with Gasteiger partial charge in [0.1, 0.15) is 33.8 Å². The van der Waals surface area contributed by atoms with E-state index < -0.39 is 0 Å². The van der Waals surface area contributed by atoms with Crippen molar-refractivity contribution in [3.63, 3.8) is 0 Å². The quantitative estimate of drug-likeness (QED) is 0.188. The van der Waals surface area contributed by atoms with Gasteiger partial charge in [0.15, 0.2) is 0 Å². The van der Waals surface area contributed by atoms with Gasteiger partial charge in [-0.1, -0.05) is 84.9 Å². The van der Waals surface area contributed by atoms with E-state index in [2.05, 4.69) is 162 Å². The second-order valence-electron chi connectivity index (χ2n) is 14.0. The molecular weight excluding hydrogens is 639 g/mol. The highest BCUT2D eigenvalue weighted by Gasteiger charge is 2.33. The molecule has 12 rings (SSSR count). The van der Waals surface area contributed by atoms with Crippen LogP contribution in [0, 0.1) is 0 Å². The summed E-state index contributed by atoms with van der Waals surface area (Å²) in [7, 11) is 0. The number of hydrogen-bond acceptors (Lipinski definition) is 3. The molecule has 4 heterocycles. The van der Waals surface area contributed by atoms with Gasteiger partial charge in [0.2, 0.25) is 0 Å². The summed E-state index contributed by atoms with van der Waals surface area (Å²) in [5, 5.41) is 6.74. The molecule has 1 aliphatic carbocycles. The first-order valence-electron chi connectivity index (χ1n) is 17.8. The fraction of sp³-hybridized carbons (Fsp3) is 0.0417. The maximum absolute atomic E-state index is 6.70. The number of ether oxygens (including phenoxy) is 1. The van der Waals surface area contributed by atoms with Crippen LogP contribution in [0.2, 0.25) is 0 Å². The van der Waals surface area contributed by atoms with Gasteiger partial charge >= 0.3 is 0 Å². The lowest BCUT2D eigenvalue weighted by Crippen LogP contribution is -2.04. The van der Waals surface area contributed by atoms with E-state index in [0.717, 1.165) is 67.5 Å². The molecule has 0 saturated heterocycles. The third-order valence-corrected chi connectivity index (χ3v) is 11.2. The van der Waals surface area contributed by atoms with Crippen molar-refractivity contribution in [1.82, 2.24) is 4.57 Å². The van der Waals surface area contributed by atoms with Gasteiger partial charge in [0.25, 0.3) is 0 Å². The summed E-state index contributed by atoms with van der Waals surface area (Å²) < 4.78 is 21.8. The Hall–Kier alpha value is -6.78. The van der Waals surface area contributed by atoms with E-state index >= 15 is 0 Å². The maximum atomic E-state index is 6.70. The fourth-order valence-electron chi connectivity index (χ4n) is 8.74. The molecule has 0 radical (unpaired) electrons. The lowest BCUT2D eigenvalue weighted by Gasteiger charge is -2.18. The summed E-state index contributed by atoms with van der Waals surface area (Å²) in [4.78, 5) is 0. The molecule has 0 fully saturated rings. The molecule has 1 unspecified atom stereocenters. The number of fused-ring (bicyclic) bond motifs is 13. The van der Waals surface area contributed by atoms with E-state index in [1.807, 2.05) is 0 Å². The van der Waals surface area contributed by atoms with Crippen molar-refractivity contribution in [2.24, 2.45) is 0 Å². The molecule has 0 spiro atoms. The Labute approximate surface area is 298 Å². The molecule has 4 heteroatoms. The zero-order valence-electron chi connectivity index (χ0n) is 28.0. The van der Waals surface area contributed by atoms with Gasteiger partial charge < -0.3 is 18.1 Å². The van der Waals surface area contributed by atoms with E-state index in [-0.39, 0.29) is 5.92 Å². The lowest BCUT2D eigenvalue weighted by molar-refractivity contribution is 0.426. The average Bonchev–Trinajstić information content (AvgIpc) is 3.96. The fourth-order valence-corrected chi connectivity index (χ4v) is 8.74. The maximum Gasteiger partial charge on any atom is 0.147 e. The summed E-state index contributed by atoms with van der Waals surface area (Å²) in [6.07, 6.45) is 5.23.